The maximum atomic E-state index is 12.9. The number of hydrogen-bond acceptors (Lipinski definition) is 5. The highest BCUT2D eigenvalue weighted by Crippen LogP contribution is 2.25. The molecule has 8 nitrogen and oxygen atoms in total. The minimum atomic E-state index is -3.70. The molecule has 1 aromatic rings. The van der Waals surface area contributed by atoms with E-state index in [-0.39, 0.29) is 41.8 Å². The first-order valence-electron chi connectivity index (χ1n) is 9.35. The summed E-state index contributed by atoms with van der Waals surface area (Å²) in [6.07, 6.45) is 1.32. The lowest BCUT2D eigenvalue weighted by Gasteiger charge is -2.31. The first kappa shape index (κ1) is 22.2. The molecule has 1 saturated heterocycles. The third-order valence-corrected chi connectivity index (χ3v) is 6.39. The van der Waals surface area contributed by atoms with E-state index in [4.69, 9.17) is 4.74 Å². The number of likely N-dealkylation sites (N-methyl/N-ethyl adjacent to an activating group) is 1. The number of benzene rings is 1. The van der Waals surface area contributed by atoms with Gasteiger partial charge in [0.25, 0.3) is 5.91 Å². The summed E-state index contributed by atoms with van der Waals surface area (Å²) < 4.78 is 32.6. The molecule has 1 atom stereocenters. The number of nitrogens with zero attached hydrogens (tertiary/aromatic N) is 2. The van der Waals surface area contributed by atoms with Crippen LogP contribution < -0.4 is 10.1 Å². The highest BCUT2D eigenvalue weighted by Gasteiger charge is 2.33. The normalized spacial score (nSPS) is 18.0. The second-order valence-corrected chi connectivity index (χ2v) is 9.35. The van der Waals surface area contributed by atoms with Crippen molar-refractivity contribution >= 4 is 21.8 Å². The molecule has 1 heterocycles. The van der Waals surface area contributed by atoms with Gasteiger partial charge in [-0.15, -0.1) is 0 Å². The zero-order valence-corrected chi connectivity index (χ0v) is 17.7. The fraction of sp³-hybridized carbons (Fsp3) is 0.579. The van der Waals surface area contributed by atoms with Crippen LogP contribution in [0.25, 0.3) is 0 Å². The topological polar surface area (TPSA) is 96.0 Å². The lowest BCUT2D eigenvalue weighted by Crippen LogP contribution is -2.46. The number of piperidine rings is 1. The first-order valence-corrected chi connectivity index (χ1v) is 10.8. The minimum Gasteiger partial charge on any atom is -0.484 e. The highest BCUT2D eigenvalue weighted by molar-refractivity contribution is 7.89. The Labute approximate surface area is 166 Å². The Hall–Kier alpha value is -2.13. The van der Waals surface area contributed by atoms with E-state index in [1.807, 2.05) is 13.8 Å². The van der Waals surface area contributed by atoms with Gasteiger partial charge < -0.3 is 15.0 Å². The molecule has 1 aliphatic heterocycles. The molecule has 9 heteroatoms. The summed E-state index contributed by atoms with van der Waals surface area (Å²) in [6.45, 7) is 4.22. The third kappa shape index (κ3) is 5.68. The van der Waals surface area contributed by atoms with E-state index >= 15 is 0 Å². The second-order valence-electron chi connectivity index (χ2n) is 7.41. The van der Waals surface area contributed by atoms with E-state index in [1.54, 1.807) is 14.1 Å². The van der Waals surface area contributed by atoms with Gasteiger partial charge >= 0.3 is 0 Å². The summed E-state index contributed by atoms with van der Waals surface area (Å²) in [5.74, 6) is -0.215. The molecular weight excluding hydrogens is 382 g/mol. The van der Waals surface area contributed by atoms with Crippen molar-refractivity contribution in [2.45, 2.75) is 37.6 Å². The average Bonchev–Trinajstić information content (AvgIpc) is 2.65. The highest BCUT2D eigenvalue weighted by atomic mass is 32.2. The number of nitrogens with one attached hydrogen (secondary N) is 1. The van der Waals surface area contributed by atoms with E-state index in [1.165, 1.54) is 33.5 Å². The van der Waals surface area contributed by atoms with Crippen molar-refractivity contribution in [3.05, 3.63) is 24.3 Å². The predicted octanol–water partition coefficient (Wildman–Crippen LogP) is 1.08. The van der Waals surface area contributed by atoms with Gasteiger partial charge in [0.15, 0.2) is 6.61 Å². The molecule has 2 amide bonds. The summed E-state index contributed by atoms with van der Waals surface area (Å²) in [7, 11) is -0.429. The molecule has 0 bridgehead atoms. The smallest absolute Gasteiger partial charge is 0.259 e. The Morgan fingerprint density at radius 2 is 1.89 bits per heavy atom. The molecule has 1 N–H and O–H groups in total. The Morgan fingerprint density at radius 1 is 1.25 bits per heavy atom. The van der Waals surface area contributed by atoms with Gasteiger partial charge in [0.2, 0.25) is 15.9 Å². The predicted molar refractivity (Wildman–Crippen MR) is 105 cm³/mol. The molecule has 0 aromatic heterocycles. The van der Waals surface area contributed by atoms with Crippen LogP contribution in [-0.4, -0.2) is 69.3 Å². The molecule has 1 aliphatic rings. The number of rotatable bonds is 7. The molecule has 0 spiro atoms. The van der Waals surface area contributed by atoms with Gasteiger partial charge in [-0.1, -0.05) is 0 Å². The number of carbonyl (C=O) groups is 2. The van der Waals surface area contributed by atoms with Crippen molar-refractivity contribution < 1.29 is 22.7 Å². The van der Waals surface area contributed by atoms with Gasteiger partial charge in [-0.05, 0) is 51.0 Å². The van der Waals surface area contributed by atoms with Crippen LogP contribution in [0.15, 0.2) is 29.2 Å². The van der Waals surface area contributed by atoms with Crippen LogP contribution in [0, 0.1) is 5.92 Å². The van der Waals surface area contributed by atoms with E-state index < -0.39 is 10.0 Å². The fourth-order valence-electron chi connectivity index (χ4n) is 2.91. The lowest BCUT2D eigenvalue weighted by molar-refractivity contribution is -0.130. The van der Waals surface area contributed by atoms with E-state index in [0.29, 0.717) is 25.1 Å². The molecule has 0 saturated carbocycles. The van der Waals surface area contributed by atoms with Crippen molar-refractivity contribution in [1.82, 2.24) is 14.5 Å². The summed E-state index contributed by atoms with van der Waals surface area (Å²) in [4.78, 5) is 25.4. The monoisotopic (exact) mass is 411 g/mol. The summed E-state index contributed by atoms with van der Waals surface area (Å²) in [5, 5.41) is 2.85. The van der Waals surface area contributed by atoms with Crippen molar-refractivity contribution in [3.63, 3.8) is 0 Å². The molecule has 0 radical (unpaired) electrons. The SMILES string of the molecule is CC(C)NC(=O)[C@@H]1CCCN(S(=O)(=O)c2ccc(OCC(=O)N(C)C)cc2)C1. The molecular formula is C19H29N3O5S. The largest absolute Gasteiger partial charge is 0.484 e. The standard InChI is InChI=1S/C19H29N3O5S/c1-14(2)20-19(24)15-6-5-11-22(12-15)28(25,26)17-9-7-16(8-10-17)27-13-18(23)21(3)4/h7-10,14-15H,5-6,11-13H2,1-4H3,(H,20,24)/t15-/m1/s1. The molecule has 1 fully saturated rings. The quantitative estimate of drug-likeness (QED) is 0.724. The molecule has 1 aromatic carbocycles. The van der Waals surface area contributed by atoms with Crippen LogP contribution in [0.1, 0.15) is 26.7 Å². The van der Waals surface area contributed by atoms with Gasteiger partial charge in [-0.3, -0.25) is 9.59 Å². The van der Waals surface area contributed by atoms with Crippen molar-refractivity contribution in [3.8, 4) is 5.75 Å². The van der Waals surface area contributed by atoms with Crippen molar-refractivity contribution in [1.29, 1.82) is 0 Å². The van der Waals surface area contributed by atoms with Crippen LogP contribution in [0.3, 0.4) is 0 Å². The lowest BCUT2D eigenvalue weighted by atomic mass is 9.98. The average molecular weight is 412 g/mol. The number of amides is 2. The van der Waals surface area contributed by atoms with Crippen LogP contribution in [0.5, 0.6) is 5.75 Å². The van der Waals surface area contributed by atoms with E-state index in [9.17, 15) is 18.0 Å². The van der Waals surface area contributed by atoms with Crippen LogP contribution in [-0.2, 0) is 19.6 Å². The zero-order chi connectivity index (χ0) is 20.9. The van der Waals surface area contributed by atoms with Gasteiger partial charge in [-0.2, -0.15) is 4.31 Å². The van der Waals surface area contributed by atoms with E-state index in [2.05, 4.69) is 5.32 Å². The van der Waals surface area contributed by atoms with Crippen LogP contribution in [0.4, 0.5) is 0 Å². The first-order chi connectivity index (χ1) is 13.1. The fourth-order valence-corrected chi connectivity index (χ4v) is 4.43. The van der Waals surface area contributed by atoms with Crippen molar-refractivity contribution in [2.75, 3.05) is 33.8 Å². The number of hydrogen-bond donors (Lipinski definition) is 1. The summed E-state index contributed by atoms with van der Waals surface area (Å²) in [5.41, 5.74) is 0. The number of carbonyl (C=O) groups excluding carboxylic acids is 2. The van der Waals surface area contributed by atoms with E-state index in [0.717, 1.165) is 0 Å². The number of sulfonamides is 1. The summed E-state index contributed by atoms with van der Waals surface area (Å²) in [6, 6.07) is 6.00. The third-order valence-electron chi connectivity index (χ3n) is 4.51. The van der Waals surface area contributed by atoms with Gasteiger partial charge in [0.1, 0.15) is 5.75 Å². The van der Waals surface area contributed by atoms with Crippen molar-refractivity contribution in [2.24, 2.45) is 5.92 Å². The molecule has 0 unspecified atom stereocenters. The van der Waals surface area contributed by atoms with Crippen LogP contribution >= 0.6 is 0 Å². The Balaban J connectivity index is 2.05. The van der Waals surface area contributed by atoms with Gasteiger partial charge in [0, 0.05) is 33.2 Å². The van der Waals surface area contributed by atoms with Crippen LogP contribution in [0.2, 0.25) is 0 Å². The Morgan fingerprint density at radius 3 is 2.46 bits per heavy atom. The number of ether oxygens (including phenoxy) is 1. The van der Waals surface area contributed by atoms with Gasteiger partial charge in [0.05, 0.1) is 10.8 Å². The molecule has 156 valence electrons. The zero-order valence-electron chi connectivity index (χ0n) is 16.8. The minimum absolute atomic E-state index is 0.0198. The summed E-state index contributed by atoms with van der Waals surface area (Å²) >= 11 is 0. The molecule has 2 rings (SSSR count). The molecule has 28 heavy (non-hydrogen) atoms. The molecule has 0 aliphatic carbocycles. The second kappa shape index (κ2) is 9.38. The maximum Gasteiger partial charge on any atom is 0.259 e. The maximum absolute atomic E-state index is 12.9. The Bertz CT molecular complexity index is 790. The van der Waals surface area contributed by atoms with Gasteiger partial charge in [-0.25, -0.2) is 8.42 Å². The Kier molecular flexibility index (Phi) is 7.42.